The maximum absolute atomic E-state index is 4.42. The zero-order chi connectivity index (χ0) is 15.2. The molecule has 0 aliphatic rings. The molecule has 0 fully saturated rings. The van der Waals surface area contributed by atoms with Gasteiger partial charge in [-0.1, -0.05) is 36.2 Å². The number of hydrogen-bond donors (Lipinski definition) is 1. The normalized spacial score (nSPS) is 10.7. The Balaban J connectivity index is 2.09. The van der Waals surface area contributed by atoms with Gasteiger partial charge in [-0.2, -0.15) is 0 Å². The Labute approximate surface area is 131 Å². The Kier molecular flexibility index (Phi) is 5.62. The zero-order valence-corrected chi connectivity index (χ0v) is 14.0. The zero-order valence-electron chi connectivity index (χ0n) is 13.2. The van der Waals surface area contributed by atoms with Gasteiger partial charge < -0.3 is 5.32 Å². The molecule has 0 aliphatic heterocycles. The van der Waals surface area contributed by atoms with Gasteiger partial charge in [-0.15, -0.1) is 11.8 Å². The van der Waals surface area contributed by atoms with E-state index in [2.05, 4.69) is 61.2 Å². The van der Waals surface area contributed by atoms with Gasteiger partial charge in [0.2, 0.25) is 0 Å². The molecule has 0 aliphatic carbocycles. The third-order valence-electron chi connectivity index (χ3n) is 3.24. The molecule has 0 unspecified atom stereocenters. The first-order valence-electron chi connectivity index (χ1n) is 7.35. The van der Waals surface area contributed by atoms with Crippen LogP contribution in [-0.4, -0.2) is 16.5 Å². The summed E-state index contributed by atoms with van der Waals surface area (Å²) in [5.74, 6) is 1.89. The first-order valence-corrected chi connectivity index (χ1v) is 8.34. The minimum atomic E-state index is 0.938. The van der Waals surface area contributed by atoms with Crippen LogP contribution in [-0.2, 0) is 5.75 Å². The fourth-order valence-corrected chi connectivity index (χ4v) is 3.21. The molecule has 2 aromatic rings. The van der Waals surface area contributed by atoms with Crippen molar-refractivity contribution in [2.24, 2.45) is 0 Å². The molecular formula is C17H23N3S. The second kappa shape index (κ2) is 7.46. The largest absolute Gasteiger partial charge is 0.370 e. The summed E-state index contributed by atoms with van der Waals surface area (Å²) < 4.78 is 0. The Morgan fingerprint density at radius 1 is 1.05 bits per heavy atom. The summed E-state index contributed by atoms with van der Waals surface area (Å²) in [5, 5.41) is 4.41. The van der Waals surface area contributed by atoms with Gasteiger partial charge in [-0.05, 0) is 32.8 Å². The minimum Gasteiger partial charge on any atom is -0.370 e. The SMILES string of the molecule is CCCNc1ncnc(SCc2cc(C)cc(C)c2)c1C. The van der Waals surface area contributed by atoms with Crippen molar-refractivity contribution in [2.75, 3.05) is 11.9 Å². The average molecular weight is 301 g/mol. The maximum Gasteiger partial charge on any atom is 0.133 e. The van der Waals surface area contributed by atoms with Crippen LogP contribution in [0, 0.1) is 20.8 Å². The summed E-state index contributed by atoms with van der Waals surface area (Å²) >= 11 is 1.77. The third-order valence-corrected chi connectivity index (χ3v) is 4.40. The van der Waals surface area contributed by atoms with Crippen molar-refractivity contribution >= 4 is 17.6 Å². The van der Waals surface area contributed by atoms with E-state index in [9.17, 15) is 0 Å². The lowest BCUT2D eigenvalue weighted by Gasteiger charge is -2.11. The number of aromatic nitrogens is 2. The van der Waals surface area contributed by atoms with Gasteiger partial charge in [0.1, 0.15) is 17.2 Å². The number of nitrogens with zero attached hydrogens (tertiary/aromatic N) is 2. The lowest BCUT2D eigenvalue weighted by atomic mass is 10.1. The molecule has 0 saturated carbocycles. The summed E-state index contributed by atoms with van der Waals surface area (Å²) in [4.78, 5) is 8.74. The van der Waals surface area contributed by atoms with Crippen molar-refractivity contribution in [3.63, 3.8) is 0 Å². The van der Waals surface area contributed by atoms with E-state index in [1.807, 2.05) is 0 Å². The van der Waals surface area contributed by atoms with Gasteiger partial charge in [0.05, 0.1) is 0 Å². The highest BCUT2D eigenvalue weighted by Crippen LogP contribution is 2.27. The number of anilines is 1. The van der Waals surface area contributed by atoms with Crippen LogP contribution in [0.1, 0.15) is 35.6 Å². The van der Waals surface area contributed by atoms with E-state index in [0.717, 1.165) is 35.1 Å². The van der Waals surface area contributed by atoms with Crippen LogP contribution in [0.2, 0.25) is 0 Å². The lowest BCUT2D eigenvalue weighted by Crippen LogP contribution is -2.05. The number of hydrogen-bond acceptors (Lipinski definition) is 4. The van der Waals surface area contributed by atoms with E-state index in [1.54, 1.807) is 18.1 Å². The van der Waals surface area contributed by atoms with E-state index < -0.39 is 0 Å². The predicted octanol–water partition coefficient (Wildman–Crippen LogP) is 4.52. The molecule has 1 aromatic carbocycles. The van der Waals surface area contributed by atoms with Crippen LogP contribution in [0.4, 0.5) is 5.82 Å². The van der Waals surface area contributed by atoms with Crippen molar-refractivity contribution < 1.29 is 0 Å². The molecule has 0 saturated heterocycles. The smallest absolute Gasteiger partial charge is 0.133 e. The summed E-state index contributed by atoms with van der Waals surface area (Å²) in [6, 6.07) is 6.69. The third kappa shape index (κ3) is 4.46. The maximum atomic E-state index is 4.42. The van der Waals surface area contributed by atoms with Crippen LogP contribution < -0.4 is 5.32 Å². The van der Waals surface area contributed by atoms with Gasteiger partial charge in [0, 0.05) is 17.9 Å². The van der Waals surface area contributed by atoms with Crippen molar-refractivity contribution in [1.82, 2.24) is 9.97 Å². The van der Waals surface area contributed by atoms with Crippen molar-refractivity contribution in [1.29, 1.82) is 0 Å². The Morgan fingerprint density at radius 3 is 2.43 bits per heavy atom. The van der Waals surface area contributed by atoms with E-state index in [-0.39, 0.29) is 0 Å². The second-order valence-corrected chi connectivity index (χ2v) is 6.33. The number of rotatable bonds is 6. The molecule has 0 amide bonds. The molecule has 3 nitrogen and oxygen atoms in total. The molecule has 0 spiro atoms. The van der Waals surface area contributed by atoms with E-state index in [0.29, 0.717) is 0 Å². The van der Waals surface area contributed by atoms with Gasteiger partial charge in [-0.25, -0.2) is 9.97 Å². The lowest BCUT2D eigenvalue weighted by molar-refractivity contribution is 0.938. The molecule has 0 atom stereocenters. The van der Waals surface area contributed by atoms with Gasteiger partial charge in [0.25, 0.3) is 0 Å². The van der Waals surface area contributed by atoms with Gasteiger partial charge in [-0.3, -0.25) is 0 Å². The first kappa shape index (κ1) is 15.8. The Morgan fingerprint density at radius 2 is 1.76 bits per heavy atom. The molecule has 1 N–H and O–H groups in total. The minimum absolute atomic E-state index is 0.938. The number of nitrogens with one attached hydrogen (secondary N) is 1. The quantitative estimate of drug-likeness (QED) is 0.629. The van der Waals surface area contributed by atoms with E-state index in [4.69, 9.17) is 0 Å². The fourth-order valence-electron chi connectivity index (χ4n) is 2.31. The summed E-state index contributed by atoms with van der Waals surface area (Å²) in [6.07, 6.45) is 2.74. The van der Waals surface area contributed by atoms with Crippen LogP contribution in [0.15, 0.2) is 29.6 Å². The standard InChI is InChI=1S/C17H23N3S/c1-5-6-18-16-14(4)17(20-11-19-16)21-10-15-8-12(2)7-13(3)9-15/h7-9,11H,5-6,10H2,1-4H3,(H,18,19,20). The average Bonchev–Trinajstić information content (AvgIpc) is 2.44. The molecule has 0 radical (unpaired) electrons. The van der Waals surface area contributed by atoms with Crippen molar-refractivity contribution in [3.05, 3.63) is 46.8 Å². The molecule has 0 bridgehead atoms. The molecule has 21 heavy (non-hydrogen) atoms. The Bertz CT molecular complexity index is 591. The molecule has 1 aromatic heterocycles. The highest BCUT2D eigenvalue weighted by molar-refractivity contribution is 7.98. The number of benzene rings is 1. The molecule has 4 heteroatoms. The van der Waals surface area contributed by atoms with Crippen LogP contribution in [0.25, 0.3) is 0 Å². The monoisotopic (exact) mass is 301 g/mol. The topological polar surface area (TPSA) is 37.8 Å². The van der Waals surface area contributed by atoms with E-state index in [1.165, 1.54) is 16.7 Å². The molecule has 1 heterocycles. The van der Waals surface area contributed by atoms with Crippen LogP contribution >= 0.6 is 11.8 Å². The van der Waals surface area contributed by atoms with Crippen molar-refractivity contribution in [2.45, 2.75) is 44.9 Å². The van der Waals surface area contributed by atoms with Gasteiger partial charge >= 0.3 is 0 Å². The first-order chi connectivity index (χ1) is 10.1. The van der Waals surface area contributed by atoms with Crippen molar-refractivity contribution in [3.8, 4) is 0 Å². The summed E-state index contributed by atoms with van der Waals surface area (Å²) in [7, 11) is 0. The fraction of sp³-hybridized carbons (Fsp3) is 0.412. The Hall–Kier alpha value is -1.55. The molecular weight excluding hydrogens is 278 g/mol. The predicted molar refractivity (Wildman–Crippen MR) is 91.0 cm³/mol. The van der Waals surface area contributed by atoms with E-state index >= 15 is 0 Å². The number of aryl methyl sites for hydroxylation is 2. The van der Waals surface area contributed by atoms with Crippen LogP contribution in [0.5, 0.6) is 0 Å². The van der Waals surface area contributed by atoms with Gasteiger partial charge in [0.15, 0.2) is 0 Å². The highest BCUT2D eigenvalue weighted by atomic mass is 32.2. The second-order valence-electron chi connectivity index (χ2n) is 5.36. The summed E-state index contributed by atoms with van der Waals surface area (Å²) in [6.45, 7) is 9.47. The number of thioether (sulfide) groups is 1. The highest BCUT2D eigenvalue weighted by Gasteiger charge is 2.07. The molecule has 112 valence electrons. The summed E-state index contributed by atoms with van der Waals surface area (Å²) in [5.41, 5.74) is 5.12. The van der Waals surface area contributed by atoms with Crippen LogP contribution in [0.3, 0.4) is 0 Å². The molecule has 2 rings (SSSR count).